The van der Waals surface area contributed by atoms with Gasteiger partial charge >= 0.3 is 0 Å². The fraction of sp³-hybridized carbons (Fsp3) is 0.0625. The Labute approximate surface area is 127 Å². The van der Waals surface area contributed by atoms with Gasteiger partial charge in [-0.3, -0.25) is 4.57 Å². The summed E-state index contributed by atoms with van der Waals surface area (Å²) in [5, 5.41) is 0. The third-order valence-electron chi connectivity index (χ3n) is 3.33. The molecule has 112 valence electrons. The lowest BCUT2D eigenvalue weighted by Gasteiger charge is -2.09. The lowest BCUT2D eigenvalue weighted by molar-refractivity contribution is 0.602. The molecule has 4 nitrogen and oxygen atoms in total. The molecule has 1 heterocycles. The summed E-state index contributed by atoms with van der Waals surface area (Å²) in [5.41, 5.74) is 1.83. The van der Waals surface area contributed by atoms with Crippen LogP contribution >= 0.6 is 0 Å². The summed E-state index contributed by atoms with van der Waals surface area (Å²) in [5.74, 6) is -0.352. The lowest BCUT2D eigenvalue weighted by Crippen LogP contribution is -1.99. The molecule has 0 aliphatic carbocycles. The molecule has 0 saturated carbocycles. The largest absolute Gasteiger partial charge is 0.296 e. The van der Waals surface area contributed by atoms with E-state index >= 15 is 0 Å². The van der Waals surface area contributed by atoms with Crippen LogP contribution in [-0.4, -0.2) is 24.2 Å². The van der Waals surface area contributed by atoms with Crippen molar-refractivity contribution in [1.29, 1.82) is 0 Å². The molecular formula is C16H13FN2O2S. The molecule has 22 heavy (non-hydrogen) atoms. The maximum absolute atomic E-state index is 13.9. The summed E-state index contributed by atoms with van der Waals surface area (Å²) >= 11 is 0. The highest BCUT2D eigenvalue weighted by molar-refractivity contribution is 7.90. The van der Waals surface area contributed by atoms with Crippen LogP contribution in [0.5, 0.6) is 0 Å². The topological polar surface area (TPSA) is 52.0 Å². The van der Waals surface area contributed by atoms with Crippen LogP contribution in [0.15, 0.2) is 66.0 Å². The molecule has 0 atom stereocenters. The van der Waals surface area contributed by atoms with Gasteiger partial charge in [0.25, 0.3) is 0 Å². The van der Waals surface area contributed by atoms with Crippen molar-refractivity contribution >= 4 is 9.84 Å². The second-order valence-corrected chi connectivity index (χ2v) is 6.91. The minimum atomic E-state index is -3.24. The van der Waals surface area contributed by atoms with Crippen LogP contribution in [0.25, 0.3) is 16.9 Å². The molecule has 0 radical (unpaired) electrons. The van der Waals surface area contributed by atoms with Crippen molar-refractivity contribution in [2.75, 3.05) is 6.26 Å². The van der Waals surface area contributed by atoms with Gasteiger partial charge in [0.1, 0.15) is 5.82 Å². The minimum Gasteiger partial charge on any atom is -0.296 e. The van der Waals surface area contributed by atoms with Crippen molar-refractivity contribution in [1.82, 2.24) is 9.55 Å². The minimum absolute atomic E-state index is 0.244. The summed E-state index contributed by atoms with van der Waals surface area (Å²) in [6, 6.07) is 12.8. The van der Waals surface area contributed by atoms with E-state index in [0.29, 0.717) is 11.4 Å². The highest BCUT2D eigenvalue weighted by Crippen LogP contribution is 2.25. The number of halogens is 1. The van der Waals surface area contributed by atoms with E-state index < -0.39 is 9.84 Å². The van der Waals surface area contributed by atoms with Gasteiger partial charge in [-0.1, -0.05) is 24.3 Å². The molecule has 0 fully saturated rings. The number of benzene rings is 2. The third kappa shape index (κ3) is 2.65. The second kappa shape index (κ2) is 5.38. The number of sulfone groups is 1. The van der Waals surface area contributed by atoms with Crippen LogP contribution in [0.3, 0.4) is 0 Å². The zero-order chi connectivity index (χ0) is 15.7. The Morgan fingerprint density at radius 2 is 1.73 bits per heavy atom. The summed E-state index contributed by atoms with van der Waals surface area (Å²) in [6.45, 7) is 0. The Morgan fingerprint density at radius 1 is 1.05 bits per heavy atom. The predicted octanol–water partition coefficient (Wildman–Crippen LogP) is 3.08. The highest BCUT2D eigenvalue weighted by Gasteiger charge is 2.12. The molecule has 0 N–H and O–H groups in total. The number of imidazole rings is 1. The SMILES string of the molecule is CS(=O)(=O)c1ccc(-c2cncn2-c2ccccc2F)cc1. The molecule has 0 amide bonds. The molecule has 3 aromatic rings. The van der Waals surface area contributed by atoms with Crippen LogP contribution in [0, 0.1) is 5.82 Å². The Bertz CT molecular complexity index is 915. The van der Waals surface area contributed by atoms with E-state index in [2.05, 4.69) is 4.98 Å². The average Bonchev–Trinajstić information content (AvgIpc) is 2.96. The normalized spacial score (nSPS) is 11.5. The zero-order valence-electron chi connectivity index (χ0n) is 11.8. The average molecular weight is 316 g/mol. The van der Waals surface area contributed by atoms with Crippen LogP contribution in [0.2, 0.25) is 0 Å². The van der Waals surface area contributed by atoms with Crippen LogP contribution in [-0.2, 0) is 9.84 Å². The van der Waals surface area contributed by atoms with Gasteiger partial charge in [-0.15, -0.1) is 0 Å². The van der Waals surface area contributed by atoms with Gasteiger partial charge in [0, 0.05) is 11.8 Å². The van der Waals surface area contributed by atoms with Crippen LogP contribution in [0.1, 0.15) is 0 Å². The first-order chi connectivity index (χ1) is 10.5. The van der Waals surface area contributed by atoms with Gasteiger partial charge in [-0.05, 0) is 24.3 Å². The Morgan fingerprint density at radius 3 is 2.36 bits per heavy atom. The fourth-order valence-electron chi connectivity index (χ4n) is 2.22. The summed E-state index contributed by atoms with van der Waals surface area (Å²) in [6.07, 6.45) is 4.30. The number of hydrogen-bond donors (Lipinski definition) is 0. The highest BCUT2D eigenvalue weighted by atomic mass is 32.2. The summed E-state index contributed by atoms with van der Waals surface area (Å²) < 4.78 is 38.6. The van der Waals surface area contributed by atoms with Gasteiger partial charge < -0.3 is 0 Å². The van der Waals surface area contributed by atoms with Crippen LogP contribution < -0.4 is 0 Å². The molecule has 0 aliphatic heterocycles. The zero-order valence-corrected chi connectivity index (χ0v) is 12.6. The number of hydrogen-bond acceptors (Lipinski definition) is 3. The van der Waals surface area contributed by atoms with Gasteiger partial charge in [0.2, 0.25) is 0 Å². The standard InChI is InChI=1S/C16H13FN2O2S/c1-22(20,21)13-8-6-12(7-9-13)16-10-18-11-19(16)15-5-3-2-4-14(15)17/h2-11H,1H3. The fourth-order valence-corrected chi connectivity index (χ4v) is 2.85. The van der Waals surface area contributed by atoms with Gasteiger partial charge in [0.05, 0.1) is 28.8 Å². The van der Waals surface area contributed by atoms with Crippen molar-refractivity contribution in [2.24, 2.45) is 0 Å². The van der Waals surface area contributed by atoms with Crippen molar-refractivity contribution in [3.63, 3.8) is 0 Å². The molecule has 0 aliphatic rings. The first-order valence-electron chi connectivity index (χ1n) is 6.54. The third-order valence-corrected chi connectivity index (χ3v) is 4.46. The van der Waals surface area contributed by atoms with Gasteiger partial charge in [0.15, 0.2) is 9.84 Å². The lowest BCUT2D eigenvalue weighted by atomic mass is 10.1. The van der Waals surface area contributed by atoms with E-state index in [-0.39, 0.29) is 10.7 Å². The number of para-hydroxylation sites is 1. The predicted molar refractivity (Wildman–Crippen MR) is 82.1 cm³/mol. The molecule has 0 saturated heterocycles. The molecule has 0 bridgehead atoms. The monoisotopic (exact) mass is 316 g/mol. The van der Waals surface area contributed by atoms with Gasteiger partial charge in [-0.2, -0.15) is 0 Å². The Kier molecular flexibility index (Phi) is 3.54. The molecule has 3 rings (SSSR count). The van der Waals surface area contributed by atoms with E-state index in [0.717, 1.165) is 11.8 Å². The molecular weight excluding hydrogens is 303 g/mol. The van der Waals surface area contributed by atoms with Crippen molar-refractivity contribution in [3.8, 4) is 16.9 Å². The quantitative estimate of drug-likeness (QED) is 0.746. The summed E-state index contributed by atoms with van der Waals surface area (Å²) in [4.78, 5) is 4.31. The summed E-state index contributed by atoms with van der Waals surface area (Å²) in [7, 11) is -3.24. The Hall–Kier alpha value is -2.47. The molecule has 2 aromatic carbocycles. The molecule has 6 heteroatoms. The number of rotatable bonds is 3. The van der Waals surface area contributed by atoms with Crippen molar-refractivity contribution in [3.05, 3.63) is 66.9 Å². The first kappa shape index (κ1) is 14.5. The second-order valence-electron chi connectivity index (χ2n) is 4.90. The number of nitrogens with zero attached hydrogens (tertiary/aromatic N) is 2. The van der Waals surface area contributed by atoms with Crippen molar-refractivity contribution < 1.29 is 12.8 Å². The van der Waals surface area contributed by atoms with E-state index in [1.165, 1.54) is 24.5 Å². The van der Waals surface area contributed by atoms with E-state index in [1.54, 1.807) is 41.1 Å². The van der Waals surface area contributed by atoms with Crippen molar-refractivity contribution in [2.45, 2.75) is 4.90 Å². The van der Waals surface area contributed by atoms with E-state index in [9.17, 15) is 12.8 Å². The number of aromatic nitrogens is 2. The van der Waals surface area contributed by atoms with E-state index in [1.807, 2.05) is 0 Å². The Balaban J connectivity index is 2.08. The maximum Gasteiger partial charge on any atom is 0.175 e. The maximum atomic E-state index is 13.9. The molecule has 0 spiro atoms. The van der Waals surface area contributed by atoms with Gasteiger partial charge in [-0.25, -0.2) is 17.8 Å². The molecule has 0 unspecified atom stereocenters. The molecule has 1 aromatic heterocycles. The first-order valence-corrected chi connectivity index (χ1v) is 8.44. The smallest absolute Gasteiger partial charge is 0.175 e. The van der Waals surface area contributed by atoms with E-state index in [4.69, 9.17) is 0 Å². The van der Waals surface area contributed by atoms with Crippen LogP contribution in [0.4, 0.5) is 4.39 Å².